The van der Waals surface area contributed by atoms with Gasteiger partial charge in [0, 0.05) is 22.9 Å². The van der Waals surface area contributed by atoms with E-state index in [2.05, 4.69) is 12.1 Å². The van der Waals surface area contributed by atoms with Crippen molar-refractivity contribution in [3.05, 3.63) is 69.7 Å². The van der Waals surface area contributed by atoms with Crippen LogP contribution in [0.4, 0.5) is 0 Å². The zero-order chi connectivity index (χ0) is 18.5. The average molecular weight is 391 g/mol. The maximum Gasteiger partial charge on any atom is 0.133 e. The highest BCUT2D eigenvalue weighted by molar-refractivity contribution is 6.30. The SMILES string of the molecule is O=C1CCC(c2ccc(Cl)cc2)C1.OC1CCC(c2ccc(Cl)cc2)C1. The standard InChI is InChI=1S/C11H13ClO.C11H11ClO/c2*12-10-4-1-8(2-5-10)9-3-6-11(13)7-9/h1-2,4-5,9,11,13H,3,6-7H2;1-2,4-5,9H,3,6-7H2. The number of halogens is 2. The van der Waals surface area contributed by atoms with Crippen LogP contribution in [-0.4, -0.2) is 17.0 Å². The van der Waals surface area contributed by atoms with Gasteiger partial charge in [0.15, 0.2) is 0 Å². The number of rotatable bonds is 2. The summed E-state index contributed by atoms with van der Waals surface area (Å²) in [6.45, 7) is 0. The van der Waals surface area contributed by atoms with Gasteiger partial charge in [0.2, 0.25) is 0 Å². The number of aliphatic hydroxyl groups is 1. The Labute approximate surface area is 165 Å². The molecule has 0 aromatic heterocycles. The summed E-state index contributed by atoms with van der Waals surface area (Å²) in [7, 11) is 0. The minimum absolute atomic E-state index is 0.0966. The lowest BCUT2D eigenvalue weighted by molar-refractivity contribution is -0.117. The number of carbonyl (C=O) groups excluding carboxylic acids is 1. The van der Waals surface area contributed by atoms with Gasteiger partial charge >= 0.3 is 0 Å². The number of hydrogen-bond acceptors (Lipinski definition) is 2. The van der Waals surface area contributed by atoms with Crippen molar-refractivity contribution >= 4 is 29.0 Å². The maximum atomic E-state index is 11.1. The molecule has 0 radical (unpaired) electrons. The minimum atomic E-state index is -0.0966. The molecule has 138 valence electrons. The van der Waals surface area contributed by atoms with E-state index in [-0.39, 0.29) is 6.10 Å². The highest BCUT2D eigenvalue weighted by Gasteiger charge is 2.24. The third-order valence-electron chi connectivity index (χ3n) is 5.33. The van der Waals surface area contributed by atoms with Gasteiger partial charge in [-0.3, -0.25) is 4.79 Å². The van der Waals surface area contributed by atoms with Crippen LogP contribution in [0.15, 0.2) is 48.5 Å². The molecule has 4 heteroatoms. The van der Waals surface area contributed by atoms with E-state index in [1.807, 2.05) is 36.4 Å². The molecule has 0 saturated heterocycles. The van der Waals surface area contributed by atoms with Crippen molar-refractivity contribution in [1.29, 1.82) is 0 Å². The van der Waals surface area contributed by atoms with Gasteiger partial charge in [0.25, 0.3) is 0 Å². The van der Waals surface area contributed by atoms with E-state index < -0.39 is 0 Å². The average Bonchev–Trinajstić information content (AvgIpc) is 3.25. The lowest BCUT2D eigenvalue weighted by Gasteiger charge is -2.08. The molecule has 0 amide bonds. The number of aliphatic hydroxyl groups excluding tert-OH is 1. The van der Waals surface area contributed by atoms with Gasteiger partial charge in [-0.05, 0) is 72.9 Å². The number of hydrogen-bond donors (Lipinski definition) is 1. The minimum Gasteiger partial charge on any atom is -0.393 e. The fourth-order valence-corrected chi connectivity index (χ4v) is 4.08. The molecule has 2 aliphatic rings. The first-order valence-electron chi connectivity index (χ1n) is 9.22. The molecule has 2 nitrogen and oxygen atoms in total. The van der Waals surface area contributed by atoms with Crippen molar-refractivity contribution in [2.45, 2.75) is 56.5 Å². The molecule has 0 bridgehead atoms. The molecule has 3 atom stereocenters. The quantitative estimate of drug-likeness (QED) is 0.667. The highest BCUT2D eigenvalue weighted by atomic mass is 35.5. The van der Waals surface area contributed by atoms with E-state index in [1.165, 1.54) is 11.1 Å². The van der Waals surface area contributed by atoms with Crippen molar-refractivity contribution in [2.75, 3.05) is 0 Å². The van der Waals surface area contributed by atoms with Crippen LogP contribution in [0.3, 0.4) is 0 Å². The zero-order valence-corrected chi connectivity index (χ0v) is 16.2. The van der Waals surface area contributed by atoms with E-state index in [1.54, 1.807) is 0 Å². The highest BCUT2D eigenvalue weighted by Crippen LogP contribution is 2.34. The van der Waals surface area contributed by atoms with Gasteiger partial charge < -0.3 is 5.11 Å². The number of benzene rings is 2. The van der Waals surface area contributed by atoms with Gasteiger partial charge in [-0.1, -0.05) is 47.5 Å². The van der Waals surface area contributed by atoms with Crippen molar-refractivity contribution < 1.29 is 9.90 Å². The molecule has 2 aromatic rings. The van der Waals surface area contributed by atoms with Gasteiger partial charge in [0.1, 0.15) is 5.78 Å². The Morgan fingerprint density at radius 1 is 0.769 bits per heavy atom. The van der Waals surface area contributed by atoms with Crippen molar-refractivity contribution in [3.8, 4) is 0 Å². The second-order valence-corrected chi connectivity index (χ2v) is 8.12. The predicted molar refractivity (Wildman–Crippen MR) is 107 cm³/mol. The van der Waals surface area contributed by atoms with E-state index in [4.69, 9.17) is 23.2 Å². The molecule has 4 rings (SSSR count). The fraction of sp³-hybridized carbons (Fsp3) is 0.409. The van der Waals surface area contributed by atoms with Crippen LogP contribution < -0.4 is 0 Å². The number of Topliss-reactive ketones (excluding diaryl/α,β-unsaturated/α-hetero) is 1. The van der Waals surface area contributed by atoms with Crippen molar-refractivity contribution in [2.24, 2.45) is 0 Å². The molecular weight excluding hydrogens is 367 g/mol. The van der Waals surface area contributed by atoms with E-state index >= 15 is 0 Å². The molecule has 0 aliphatic heterocycles. The number of ketones is 1. The van der Waals surface area contributed by atoms with Crippen LogP contribution in [0.5, 0.6) is 0 Å². The molecule has 2 fully saturated rings. The predicted octanol–water partition coefficient (Wildman–Crippen LogP) is 6.15. The molecule has 2 aromatic carbocycles. The maximum absolute atomic E-state index is 11.1. The van der Waals surface area contributed by atoms with Crippen LogP contribution in [0.2, 0.25) is 10.0 Å². The van der Waals surface area contributed by atoms with Gasteiger partial charge in [-0.2, -0.15) is 0 Å². The molecule has 3 unspecified atom stereocenters. The summed E-state index contributed by atoms with van der Waals surface area (Å²) < 4.78 is 0. The van der Waals surface area contributed by atoms with Gasteiger partial charge in [-0.15, -0.1) is 0 Å². The Morgan fingerprint density at radius 2 is 1.31 bits per heavy atom. The molecule has 2 saturated carbocycles. The van der Waals surface area contributed by atoms with Crippen molar-refractivity contribution in [3.63, 3.8) is 0 Å². The topological polar surface area (TPSA) is 37.3 Å². The lowest BCUT2D eigenvalue weighted by Crippen LogP contribution is -1.99. The van der Waals surface area contributed by atoms with Gasteiger partial charge in [-0.25, -0.2) is 0 Å². The summed E-state index contributed by atoms with van der Waals surface area (Å²) in [5.41, 5.74) is 2.55. The largest absolute Gasteiger partial charge is 0.393 e. The first-order valence-corrected chi connectivity index (χ1v) is 9.97. The molecule has 0 spiro atoms. The molecule has 26 heavy (non-hydrogen) atoms. The Bertz CT molecular complexity index is 725. The summed E-state index contributed by atoms with van der Waals surface area (Å²) >= 11 is 11.6. The third-order valence-corrected chi connectivity index (χ3v) is 5.84. The molecular formula is C22H24Cl2O2. The van der Waals surface area contributed by atoms with E-state index in [9.17, 15) is 9.90 Å². The third kappa shape index (κ3) is 5.33. The van der Waals surface area contributed by atoms with Crippen LogP contribution in [-0.2, 0) is 4.79 Å². The zero-order valence-electron chi connectivity index (χ0n) is 14.7. The van der Waals surface area contributed by atoms with Gasteiger partial charge in [0.05, 0.1) is 6.10 Å². The second-order valence-electron chi connectivity index (χ2n) is 7.25. The molecule has 0 heterocycles. The summed E-state index contributed by atoms with van der Waals surface area (Å²) in [5.74, 6) is 1.36. The van der Waals surface area contributed by atoms with E-state index in [0.29, 0.717) is 24.0 Å². The number of carbonyl (C=O) groups is 1. The van der Waals surface area contributed by atoms with Crippen LogP contribution in [0.1, 0.15) is 61.5 Å². The van der Waals surface area contributed by atoms with Crippen LogP contribution >= 0.6 is 23.2 Å². The van der Waals surface area contributed by atoms with Crippen molar-refractivity contribution in [1.82, 2.24) is 0 Å². The summed E-state index contributed by atoms with van der Waals surface area (Å²) in [5, 5.41) is 10.9. The Balaban J connectivity index is 0.000000151. The lowest BCUT2D eigenvalue weighted by atomic mass is 9.98. The Hall–Kier alpha value is -1.35. The van der Waals surface area contributed by atoms with Crippen LogP contribution in [0, 0.1) is 0 Å². The van der Waals surface area contributed by atoms with E-state index in [0.717, 1.165) is 42.1 Å². The Morgan fingerprint density at radius 3 is 1.73 bits per heavy atom. The molecule has 1 N–H and O–H groups in total. The first-order chi connectivity index (χ1) is 12.5. The first kappa shape index (κ1) is 19.4. The Kier molecular flexibility index (Phi) is 6.74. The smallest absolute Gasteiger partial charge is 0.133 e. The molecule has 2 aliphatic carbocycles. The monoisotopic (exact) mass is 390 g/mol. The fourth-order valence-electron chi connectivity index (χ4n) is 3.83. The normalized spacial score (nSPS) is 25.0. The summed E-state index contributed by atoms with van der Waals surface area (Å²) in [6.07, 6.45) is 5.30. The summed E-state index contributed by atoms with van der Waals surface area (Å²) in [6, 6.07) is 15.8. The van der Waals surface area contributed by atoms with Crippen LogP contribution in [0.25, 0.3) is 0 Å². The summed E-state index contributed by atoms with van der Waals surface area (Å²) in [4.78, 5) is 11.1. The second kappa shape index (κ2) is 9.03.